The largest absolute Gasteiger partial charge is 0.359 e. The van der Waals surface area contributed by atoms with E-state index in [1.165, 1.54) is 4.90 Å². The number of rotatable bonds is 8. The Morgan fingerprint density at radius 2 is 1.65 bits per heavy atom. The molecule has 0 heterocycles. The van der Waals surface area contributed by atoms with Crippen LogP contribution in [0.2, 0.25) is 0 Å². The van der Waals surface area contributed by atoms with Gasteiger partial charge in [0.25, 0.3) is 0 Å². The van der Waals surface area contributed by atoms with Crippen molar-refractivity contribution in [2.45, 2.75) is 45.6 Å². The molecule has 0 aromatic rings. The molecule has 1 atom stereocenters. The minimum absolute atomic E-state index is 0.0172. The van der Waals surface area contributed by atoms with Gasteiger partial charge in [-0.2, -0.15) is 0 Å². The first-order chi connectivity index (χ1) is 9.27. The molecule has 0 aliphatic carbocycles. The van der Waals surface area contributed by atoms with Gasteiger partial charge in [0.2, 0.25) is 17.7 Å². The smallest absolute Gasteiger partial charge is 0.222 e. The van der Waals surface area contributed by atoms with Crippen LogP contribution in [0.25, 0.3) is 0 Å². The lowest BCUT2D eigenvalue weighted by atomic mass is 10.00. The van der Waals surface area contributed by atoms with E-state index < -0.39 is 0 Å². The van der Waals surface area contributed by atoms with Crippen LogP contribution in [0.4, 0.5) is 0 Å². The van der Waals surface area contributed by atoms with E-state index in [-0.39, 0.29) is 36.1 Å². The zero-order chi connectivity index (χ0) is 15.7. The van der Waals surface area contributed by atoms with E-state index >= 15 is 0 Å². The average molecular weight is 285 g/mol. The van der Waals surface area contributed by atoms with E-state index in [0.29, 0.717) is 19.3 Å². The van der Waals surface area contributed by atoms with Gasteiger partial charge in [-0.05, 0) is 12.3 Å². The fourth-order valence-corrected chi connectivity index (χ4v) is 1.66. The van der Waals surface area contributed by atoms with E-state index in [1.54, 1.807) is 21.1 Å². The number of nitrogens with one attached hydrogen (secondary N) is 2. The van der Waals surface area contributed by atoms with Crippen molar-refractivity contribution in [3.05, 3.63) is 0 Å². The number of hydrogen-bond acceptors (Lipinski definition) is 3. The summed E-state index contributed by atoms with van der Waals surface area (Å²) < 4.78 is 0. The molecular weight excluding hydrogens is 258 g/mol. The Labute approximate surface area is 121 Å². The molecule has 0 saturated carbocycles. The van der Waals surface area contributed by atoms with Crippen LogP contribution in [0, 0.1) is 5.92 Å². The standard InChI is InChI=1S/C14H27N3O3/c1-10(2)11(9-13(19)15-3)16-12(18)7-6-8-14(20)17(4)5/h10-11H,6-9H2,1-5H3,(H,15,19)(H,16,18)/t11-/m1/s1. The Morgan fingerprint density at radius 3 is 2.10 bits per heavy atom. The van der Waals surface area contributed by atoms with Crippen LogP contribution in [0.15, 0.2) is 0 Å². The van der Waals surface area contributed by atoms with Crippen LogP contribution in [-0.2, 0) is 14.4 Å². The average Bonchev–Trinajstić information content (AvgIpc) is 2.37. The Hall–Kier alpha value is -1.59. The second-order valence-electron chi connectivity index (χ2n) is 5.44. The predicted octanol–water partition coefficient (Wildman–Crippen LogP) is 0.522. The third kappa shape index (κ3) is 7.76. The maximum absolute atomic E-state index is 11.8. The maximum atomic E-state index is 11.8. The summed E-state index contributed by atoms with van der Waals surface area (Å²) in [7, 11) is 4.97. The topological polar surface area (TPSA) is 78.5 Å². The highest BCUT2D eigenvalue weighted by Crippen LogP contribution is 2.07. The summed E-state index contributed by atoms with van der Waals surface area (Å²) >= 11 is 0. The molecular formula is C14H27N3O3. The van der Waals surface area contributed by atoms with Crippen LogP contribution in [0.1, 0.15) is 39.5 Å². The second kappa shape index (κ2) is 9.34. The highest BCUT2D eigenvalue weighted by atomic mass is 16.2. The summed E-state index contributed by atoms with van der Waals surface area (Å²) in [5.41, 5.74) is 0. The van der Waals surface area contributed by atoms with E-state index in [9.17, 15) is 14.4 Å². The van der Waals surface area contributed by atoms with Crippen molar-refractivity contribution in [2.75, 3.05) is 21.1 Å². The lowest BCUT2D eigenvalue weighted by Crippen LogP contribution is -2.41. The molecule has 6 nitrogen and oxygen atoms in total. The number of carbonyl (C=O) groups is 3. The molecule has 116 valence electrons. The molecule has 0 bridgehead atoms. The Bertz CT molecular complexity index is 341. The van der Waals surface area contributed by atoms with Gasteiger partial charge >= 0.3 is 0 Å². The van der Waals surface area contributed by atoms with Crippen molar-refractivity contribution in [3.63, 3.8) is 0 Å². The highest BCUT2D eigenvalue weighted by Gasteiger charge is 2.19. The normalized spacial score (nSPS) is 11.9. The third-order valence-corrected chi connectivity index (χ3v) is 3.13. The summed E-state index contributed by atoms with van der Waals surface area (Å²) in [6, 6.07) is -0.174. The SMILES string of the molecule is CNC(=O)C[C@@H](NC(=O)CCCC(=O)N(C)C)C(C)C. The zero-order valence-electron chi connectivity index (χ0n) is 13.2. The highest BCUT2D eigenvalue weighted by molar-refractivity contribution is 5.80. The molecule has 0 aromatic carbocycles. The molecule has 0 aromatic heterocycles. The molecule has 0 aliphatic rings. The summed E-state index contributed by atoms with van der Waals surface area (Å²) in [4.78, 5) is 36.1. The first kappa shape index (κ1) is 18.4. The van der Waals surface area contributed by atoms with Gasteiger partial charge in [0, 0.05) is 46.4 Å². The van der Waals surface area contributed by atoms with E-state index in [1.807, 2.05) is 13.8 Å². The lowest BCUT2D eigenvalue weighted by Gasteiger charge is -2.21. The third-order valence-electron chi connectivity index (χ3n) is 3.13. The van der Waals surface area contributed by atoms with Crippen LogP contribution < -0.4 is 10.6 Å². The monoisotopic (exact) mass is 285 g/mol. The molecule has 0 radical (unpaired) electrons. The number of amides is 3. The molecule has 0 aliphatic heterocycles. The van der Waals surface area contributed by atoms with Gasteiger partial charge in [-0.3, -0.25) is 14.4 Å². The van der Waals surface area contributed by atoms with Crippen LogP contribution in [0.3, 0.4) is 0 Å². The van der Waals surface area contributed by atoms with Crippen molar-refractivity contribution in [2.24, 2.45) is 5.92 Å². The summed E-state index contributed by atoms with van der Waals surface area (Å²) in [6.45, 7) is 3.92. The number of carbonyl (C=O) groups excluding carboxylic acids is 3. The van der Waals surface area contributed by atoms with Crippen LogP contribution >= 0.6 is 0 Å². The molecule has 0 saturated heterocycles. The van der Waals surface area contributed by atoms with Crippen molar-refractivity contribution >= 4 is 17.7 Å². The second-order valence-corrected chi connectivity index (χ2v) is 5.44. The zero-order valence-corrected chi connectivity index (χ0v) is 13.2. The first-order valence-corrected chi connectivity index (χ1v) is 6.98. The van der Waals surface area contributed by atoms with E-state index in [0.717, 1.165) is 0 Å². The van der Waals surface area contributed by atoms with Gasteiger partial charge in [0.05, 0.1) is 0 Å². The Balaban J connectivity index is 4.14. The maximum Gasteiger partial charge on any atom is 0.222 e. The first-order valence-electron chi connectivity index (χ1n) is 6.98. The lowest BCUT2D eigenvalue weighted by molar-refractivity contribution is -0.129. The van der Waals surface area contributed by atoms with E-state index in [4.69, 9.17) is 0 Å². The van der Waals surface area contributed by atoms with Gasteiger partial charge in [-0.25, -0.2) is 0 Å². The van der Waals surface area contributed by atoms with Crippen LogP contribution in [0.5, 0.6) is 0 Å². The molecule has 0 spiro atoms. The molecule has 0 fully saturated rings. The van der Waals surface area contributed by atoms with Crippen LogP contribution in [-0.4, -0.2) is 49.8 Å². The molecule has 0 unspecified atom stereocenters. The van der Waals surface area contributed by atoms with Crippen molar-refractivity contribution < 1.29 is 14.4 Å². The molecule has 20 heavy (non-hydrogen) atoms. The fourth-order valence-electron chi connectivity index (χ4n) is 1.66. The minimum atomic E-state index is -0.174. The van der Waals surface area contributed by atoms with Crippen molar-refractivity contribution in [1.29, 1.82) is 0 Å². The number of hydrogen-bond donors (Lipinski definition) is 2. The fraction of sp³-hybridized carbons (Fsp3) is 0.786. The summed E-state index contributed by atoms with van der Waals surface area (Å²) in [5.74, 6) is -0.00540. The van der Waals surface area contributed by atoms with E-state index in [2.05, 4.69) is 10.6 Å². The van der Waals surface area contributed by atoms with Gasteiger partial charge in [-0.1, -0.05) is 13.8 Å². The van der Waals surface area contributed by atoms with Gasteiger partial charge in [0.15, 0.2) is 0 Å². The summed E-state index contributed by atoms with van der Waals surface area (Å²) in [6.07, 6.45) is 1.46. The quantitative estimate of drug-likeness (QED) is 0.682. The van der Waals surface area contributed by atoms with Gasteiger partial charge in [0.1, 0.15) is 0 Å². The summed E-state index contributed by atoms with van der Waals surface area (Å²) in [5, 5.41) is 5.41. The number of nitrogens with zero attached hydrogens (tertiary/aromatic N) is 1. The molecule has 6 heteroatoms. The van der Waals surface area contributed by atoms with Gasteiger partial charge in [-0.15, -0.1) is 0 Å². The molecule has 0 rings (SSSR count). The van der Waals surface area contributed by atoms with Gasteiger partial charge < -0.3 is 15.5 Å². The minimum Gasteiger partial charge on any atom is -0.359 e. The van der Waals surface area contributed by atoms with Crippen molar-refractivity contribution in [1.82, 2.24) is 15.5 Å². The predicted molar refractivity (Wildman–Crippen MR) is 78.0 cm³/mol. The molecule has 3 amide bonds. The Kier molecular flexibility index (Phi) is 8.59. The Morgan fingerprint density at radius 1 is 1.05 bits per heavy atom. The van der Waals surface area contributed by atoms with Crippen molar-refractivity contribution in [3.8, 4) is 0 Å². The molecule has 2 N–H and O–H groups in total.